The van der Waals surface area contributed by atoms with Gasteiger partial charge in [-0.1, -0.05) is 31.2 Å². The Morgan fingerprint density at radius 2 is 2.11 bits per heavy atom. The number of aliphatic hydroxyl groups excluding tert-OH is 1. The average molecular weight is 259 g/mol. The number of aliphatic hydroxyl groups is 1. The Bertz CT molecular complexity index is 577. The molecular weight excluding hydrogens is 242 g/mol. The van der Waals surface area contributed by atoms with E-state index in [0.717, 1.165) is 10.9 Å². The molecule has 0 aliphatic carbocycles. The summed E-state index contributed by atoms with van der Waals surface area (Å²) in [5.74, 6) is -0.972. The second kappa shape index (κ2) is 5.80. The van der Waals surface area contributed by atoms with Gasteiger partial charge >= 0.3 is 5.97 Å². The smallest absolute Gasteiger partial charge is 0.311 e. The maximum absolute atomic E-state index is 11.7. The Kier molecular flexibility index (Phi) is 4.12. The zero-order chi connectivity index (χ0) is 13.8. The predicted octanol–water partition coefficient (Wildman–Crippen LogP) is 2.47. The summed E-state index contributed by atoms with van der Waals surface area (Å²) < 4.78 is 4.74. The number of carbonyl (C=O) groups is 1. The predicted molar refractivity (Wildman–Crippen MR) is 72.5 cm³/mol. The molecule has 1 aromatic carbocycles. The van der Waals surface area contributed by atoms with Gasteiger partial charge < -0.3 is 9.84 Å². The maximum atomic E-state index is 11.7. The summed E-state index contributed by atoms with van der Waals surface area (Å²) in [6.45, 7) is 1.85. The molecule has 0 bridgehead atoms. The van der Waals surface area contributed by atoms with Crippen molar-refractivity contribution in [3.8, 4) is 0 Å². The second-order valence-corrected chi connectivity index (χ2v) is 4.41. The summed E-state index contributed by atoms with van der Waals surface area (Å²) in [4.78, 5) is 16.0. The van der Waals surface area contributed by atoms with Gasteiger partial charge in [-0.15, -0.1) is 0 Å². The molecule has 2 atom stereocenters. The fourth-order valence-corrected chi connectivity index (χ4v) is 2.25. The minimum absolute atomic E-state index is 0.400. The van der Waals surface area contributed by atoms with Crippen molar-refractivity contribution in [3.63, 3.8) is 0 Å². The van der Waals surface area contributed by atoms with Gasteiger partial charge in [0, 0.05) is 17.1 Å². The first-order valence-corrected chi connectivity index (χ1v) is 6.28. The van der Waals surface area contributed by atoms with Crippen LogP contribution in [-0.2, 0) is 9.53 Å². The quantitative estimate of drug-likeness (QED) is 0.857. The van der Waals surface area contributed by atoms with Crippen LogP contribution >= 0.6 is 0 Å². The third-order valence-electron chi connectivity index (χ3n) is 3.31. The summed E-state index contributed by atoms with van der Waals surface area (Å²) in [6, 6.07) is 9.35. The van der Waals surface area contributed by atoms with E-state index in [1.807, 2.05) is 31.2 Å². The number of aromatic nitrogens is 1. The molecule has 1 N–H and O–H groups in total. The standard InChI is InChI=1S/C15H17NO3/c1-3-11(15(18)19-2)14(17)12-8-4-6-10-7-5-9-16-13(10)12/h4-9,11,14,17H,3H2,1-2H3. The number of carbonyl (C=O) groups excluding carboxylic acids is 1. The van der Waals surface area contributed by atoms with Crippen LogP contribution in [0.2, 0.25) is 0 Å². The Hall–Kier alpha value is -1.94. The van der Waals surface area contributed by atoms with Crippen LogP contribution in [-0.4, -0.2) is 23.2 Å². The lowest BCUT2D eigenvalue weighted by molar-refractivity contribution is -0.149. The second-order valence-electron chi connectivity index (χ2n) is 4.41. The van der Waals surface area contributed by atoms with E-state index in [0.29, 0.717) is 12.0 Å². The molecule has 19 heavy (non-hydrogen) atoms. The van der Waals surface area contributed by atoms with Crippen molar-refractivity contribution in [2.45, 2.75) is 19.4 Å². The Morgan fingerprint density at radius 3 is 2.79 bits per heavy atom. The van der Waals surface area contributed by atoms with E-state index in [2.05, 4.69) is 4.98 Å². The van der Waals surface area contributed by atoms with E-state index < -0.39 is 18.0 Å². The molecule has 2 aromatic rings. The molecule has 4 heteroatoms. The summed E-state index contributed by atoms with van der Waals surface area (Å²) in [5, 5.41) is 11.4. The van der Waals surface area contributed by atoms with Gasteiger partial charge in [0.2, 0.25) is 0 Å². The summed E-state index contributed by atoms with van der Waals surface area (Å²) in [7, 11) is 1.33. The number of methoxy groups -OCH3 is 1. The van der Waals surface area contributed by atoms with Crippen molar-refractivity contribution in [2.75, 3.05) is 7.11 Å². The van der Waals surface area contributed by atoms with E-state index in [1.165, 1.54) is 7.11 Å². The first kappa shape index (κ1) is 13.5. The number of nitrogens with zero attached hydrogens (tertiary/aromatic N) is 1. The largest absolute Gasteiger partial charge is 0.469 e. The molecule has 0 fully saturated rings. The molecule has 100 valence electrons. The normalized spacial score (nSPS) is 14.1. The Balaban J connectivity index is 2.46. The summed E-state index contributed by atoms with van der Waals surface area (Å²) in [5.41, 5.74) is 1.38. The van der Waals surface area contributed by atoms with Crippen molar-refractivity contribution in [1.82, 2.24) is 4.98 Å². The van der Waals surface area contributed by atoms with Crippen LogP contribution in [0.15, 0.2) is 36.5 Å². The number of hydrogen-bond acceptors (Lipinski definition) is 4. The molecule has 1 heterocycles. The lowest BCUT2D eigenvalue weighted by Gasteiger charge is -2.20. The van der Waals surface area contributed by atoms with E-state index >= 15 is 0 Å². The number of esters is 1. The van der Waals surface area contributed by atoms with E-state index in [1.54, 1.807) is 12.3 Å². The minimum Gasteiger partial charge on any atom is -0.469 e. The topological polar surface area (TPSA) is 59.4 Å². The SMILES string of the molecule is CCC(C(=O)OC)C(O)c1cccc2cccnc12. The zero-order valence-corrected chi connectivity index (χ0v) is 11.0. The summed E-state index contributed by atoms with van der Waals surface area (Å²) in [6.07, 6.45) is 1.28. The fourth-order valence-electron chi connectivity index (χ4n) is 2.25. The number of benzene rings is 1. The Morgan fingerprint density at radius 1 is 1.37 bits per heavy atom. The number of ether oxygens (including phenoxy) is 1. The van der Waals surface area contributed by atoms with Gasteiger partial charge in [0.1, 0.15) is 0 Å². The molecular formula is C15H17NO3. The van der Waals surface area contributed by atoms with Crippen molar-refractivity contribution in [1.29, 1.82) is 0 Å². The number of rotatable bonds is 4. The van der Waals surface area contributed by atoms with Gasteiger partial charge in [-0.05, 0) is 12.5 Å². The molecule has 0 aliphatic rings. The van der Waals surface area contributed by atoms with E-state index in [-0.39, 0.29) is 0 Å². The van der Waals surface area contributed by atoms with Crippen LogP contribution in [0.3, 0.4) is 0 Å². The highest BCUT2D eigenvalue weighted by molar-refractivity contribution is 5.83. The molecule has 1 aromatic heterocycles. The van der Waals surface area contributed by atoms with Gasteiger partial charge in [-0.25, -0.2) is 0 Å². The molecule has 2 rings (SSSR count). The first-order chi connectivity index (χ1) is 9.19. The van der Waals surface area contributed by atoms with Crippen LogP contribution in [0.25, 0.3) is 10.9 Å². The highest BCUT2D eigenvalue weighted by Gasteiger charge is 2.28. The molecule has 0 spiro atoms. The highest BCUT2D eigenvalue weighted by Crippen LogP contribution is 2.30. The molecule has 0 aliphatic heterocycles. The van der Waals surface area contributed by atoms with Gasteiger partial charge in [0.25, 0.3) is 0 Å². The van der Waals surface area contributed by atoms with Crippen molar-refractivity contribution >= 4 is 16.9 Å². The van der Waals surface area contributed by atoms with Crippen LogP contribution in [0.1, 0.15) is 25.0 Å². The highest BCUT2D eigenvalue weighted by atomic mass is 16.5. The van der Waals surface area contributed by atoms with Gasteiger partial charge in [-0.2, -0.15) is 0 Å². The third kappa shape index (κ3) is 2.58. The van der Waals surface area contributed by atoms with Crippen molar-refractivity contribution in [2.24, 2.45) is 5.92 Å². The van der Waals surface area contributed by atoms with Gasteiger partial charge in [0.05, 0.1) is 24.6 Å². The van der Waals surface area contributed by atoms with Crippen LogP contribution in [0.4, 0.5) is 0 Å². The van der Waals surface area contributed by atoms with Gasteiger partial charge in [-0.3, -0.25) is 9.78 Å². The van der Waals surface area contributed by atoms with Crippen LogP contribution in [0, 0.1) is 5.92 Å². The molecule has 0 amide bonds. The minimum atomic E-state index is -0.906. The molecule has 4 nitrogen and oxygen atoms in total. The number of para-hydroxylation sites is 1. The zero-order valence-electron chi connectivity index (χ0n) is 11.0. The molecule has 0 saturated carbocycles. The lowest BCUT2D eigenvalue weighted by atomic mass is 9.92. The van der Waals surface area contributed by atoms with Crippen molar-refractivity contribution in [3.05, 3.63) is 42.1 Å². The van der Waals surface area contributed by atoms with Crippen LogP contribution < -0.4 is 0 Å². The van der Waals surface area contributed by atoms with Crippen molar-refractivity contribution < 1.29 is 14.6 Å². The number of pyridine rings is 1. The molecule has 2 unspecified atom stereocenters. The number of fused-ring (bicyclic) bond motifs is 1. The Labute approximate surface area is 112 Å². The van der Waals surface area contributed by atoms with E-state index in [4.69, 9.17) is 4.74 Å². The monoisotopic (exact) mass is 259 g/mol. The average Bonchev–Trinajstić information content (AvgIpc) is 2.47. The maximum Gasteiger partial charge on any atom is 0.311 e. The van der Waals surface area contributed by atoms with Gasteiger partial charge in [0.15, 0.2) is 0 Å². The molecule has 0 radical (unpaired) electrons. The summed E-state index contributed by atoms with van der Waals surface area (Å²) >= 11 is 0. The first-order valence-electron chi connectivity index (χ1n) is 6.28. The number of hydrogen-bond donors (Lipinski definition) is 1. The fraction of sp³-hybridized carbons (Fsp3) is 0.333. The lowest BCUT2D eigenvalue weighted by Crippen LogP contribution is -2.23. The van der Waals surface area contributed by atoms with Crippen LogP contribution in [0.5, 0.6) is 0 Å². The molecule has 0 saturated heterocycles. The third-order valence-corrected chi connectivity index (χ3v) is 3.31. The van der Waals surface area contributed by atoms with E-state index in [9.17, 15) is 9.90 Å².